The third-order valence-electron chi connectivity index (χ3n) is 4.99. The molecule has 3 fully saturated rings. The highest BCUT2D eigenvalue weighted by Crippen LogP contribution is 2.28. The van der Waals surface area contributed by atoms with Crippen LogP contribution >= 0.6 is 0 Å². The third-order valence-corrected chi connectivity index (χ3v) is 4.99. The molecule has 0 unspecified atom stereocenters. The Bertz CT molecular complexity index is 573. The van der Waals surface area contributed by atoms with Gasteiger partial charge in [0.05, 0.1) is 13.1 Å². The average Bonchev–Trinajstić information content (AvgIpc) is 2.93. The van der Waals surface area contributed by atoms with E-state index in [4.69, 9.17) is 0 Å². The van der Waals surface area contributed by atoms with E-state index in [-0.39, 0.29) is 17.9 Å². The van der Waals surface area contributed by atoms with Crippen molar-refractivity contribution in [3.05, 3.63) is 12.7 Å². The van der Waals surface area contributed by atoms with Gasteiger partial charge >= 0.3 is 0 Å². The van der Waals surface area contributed by atoms with Gasteiger partial charge in [0, 0.05) is 46.2 Å². The Hall–Kier alpha value is -1.96. The van der Waals surface area contributed by atoms with E-state index in [2.05, 4.69) is 15.0 Å². The molecule has 132 valence electrons. The van der Waals surface area contributed by atoms with Gasteiger partial charge in [-0.25, -0.2) is 4.98 Å². The molecule has 0 aliphatic carbocycles. The van der Waals surface area contributed by atoms with Crippen molar-refractivity contribution in [3.63, 3.8) is 0 Å². The summed E-state index contributed by atoms with van der Waals surface area (Å²) >= 11 is 0. The average molecular weight is 334 g/mol. The molecule has 3 aliphatic rings. The maximum Gasteiger partial charge on any atom is 0.236 e. The fourth-order valence-electron chi connectivity index (χ4n) is 3.65. The number of piperidine rings is 1. The van der Waals surface area contributed by atoms with Crippen LogP contribution in [0, 0.1) is 5.92 Å². The van der Waals surface area contributed by atoms with Gasteiger partial charge in [-0.2, -0.15) is 5.10 Å². The largest absolute Gasteiger partial charge is 0.348 e. The first-order valence-corrected chi connectivity index (χ1v) is 8.57. The van der Waals surface area contributed by atoms with E-state index < -0.39 is 0 Å². The predicted octanol–water partition coefficient (Wildman–Crippen LogP) is -0.321. The number of rotatable bonds is 5. The zero-order chi connectivity index (χ0) is 17.1. The lowest BCUT2D eigenvalue weighted by Crippen LogP contribution is -2.48. The highest BCUT2D eigenvalue weighted by atomic mass is 16.2. The summed E-state index contributed by atoms with van der Waals surface area (Å²) in [6, 6.07) is 0.224. The highest BCUT2D eigenvalue weighted by molar-refractivity contribution is 5.78. The number of fused-ring (bicyclic) bond motifs is 4. The first-order chi connectivity index (χ1) is 11.5. The van der Waals surface area contributed by atoms with Crippen LogP contribution in [0.2, 0.25) is 0 Å². The quantitative estimate of drug-likeness (QED) is 0.738. The maximum absolute atomic E-state index is 12.6. The van der Waals surface area contributed by atoms with E-state index in [1.807, 2.05) is 4.90 Å². The monoisotopic (exact) mass is 334 g/mol. The van der Waals surface area contributed by atoms with E-state index in [1.54, 1.807) is 30.0 Å². The van der Waals surface area contributed by atoms with E-state index in [9.17, 15) is 9.59 Å². The van der Waals surface area contributed by atoms with Gasteiger partial charge in [0.25, 0.3) is 0 Å². The van der Waals surface area contributed by atoms with Crippen LogP contribution in [0.5, 0.6) is 0 Å². The summed E-state index contributed by atoms with van der Waals surface area (Å²) in [6.45, 7) is 3.53. The summed E-state index contributed by atoms with van der Waals surface area (Å²) in [6.07, 6.45) is 5.74. The van der Waals surface area contributed by atoms with Crippen LogP contribution in [0.25, 0.3) is 0 Å². The topological polar surface area (TPSA) is 74.6 Å². The number of aryl methyl sites for hydroxylation is 1. The normalized spacial score (nSPS) is 24.0. The molecule has 1 aromatic rings. The molecule has 8 heteroatoms. The van der Waals surface area contributed by atoms with Crippen molar-refractivity contribution in [1.29, 1.82) is 0 Å². The lowest BCUT2D eigenvalue weighted by Gasteiger charge is -2.36. The standard InChI is InChI=1S/C16H26N6O2/c1-19(2)16(24)10-20-7-13-3-4-14(9-20)22(8-13)15(23)5-6-21-12-17-11-18-21/h11-14H,3-10H2,1-2H3/t13-,14+/m0/s1. The molecule has 0 spiro atoms. The van der Waals surface area contributed by atoms with Crippen LogP contribution in [0.3, 0.4) is 0 Å². The lowest BCUT2D eigenvalue weighted by molar-refractivity contribution is -0.135. The molecule has 0 N–H and O–H groups in total. The molecule has 0 saturated carbocycles. The fourth-order valence-corrected chi connectivity index (χ4v) is 3.65. The van der Waals surface area contributed by atoms with E-state index in [0.717, 1.165) is 32.5 Å². The molecule has 0 aromatic carbocycles. The maximum atomic E-state index is 12.6. The number of hydrogen-bond acceptors (Lipinski definition) is 5. The number of likely N-dealkylation sites (N-methyl/N-ethyl adjacent to an activating group) is 1. The van der Waals surface area contributed by atoms with Gasteiger partial charge in [-0.1, -0.05) is 0 Å². The molecule has 2 atom stereocenters. The molecule has 3 aliphatic heterocycles. The first-order valence-electron chi connectivity index (χ1n) is 8.57. The first kappa shape index (κ1) is 16.9. The van der Waals surface area contributed by atoms with E-state index in [0.29, 0.717) is 25.4 Å². The van der Waals surface area contributed by atoms with Gasteiger partial charge in [-0.3, -0.25) is 19.2 Å². The molecule has 8 nitrogen and oxygen atoms in total. The van der Waals surface area contributed by atoms with E-state index in [1.165, 1.54) is 6.33 Å². The van der Waals surface area contributed by atoms with Crippen LogP contribution in [0.4, 0.5) is 0 Å². The summed E-state index contributed by atoms with van der Waals surface area (Å²) in [5.74, 6) is 0.773. The number of carbonyl (C=O) groups excluding carboxylic acids is 2. The van der Waals surface area contributed by atoms with Crippen molar-refractivity contribution in [2.24, 2.45) is 5.92 Å². The molecular formula is C16H26N6O2. The molecule has 0 radical (unpaired) electrons. The molecular weight excluding hydrogens is 308 g/mol. The van der Waals surface area contributed by atoms with Gasteiger partial charge in [0.15, 0.2) is 0 Å². The minimum atomic E-state index is 0.125. The van der Waals surface area contributed by atoms with Gasteiger partial charge in [-0.05, 0) is 18.8 Å². The molecule has 4 rings (SSSR count). The van der Waals surface area contributed by atoms with Crippen molar-refractivity contribution in [1.82, 2.24) is 29.5 Å². The van der Waals surface area contributed by atoms with Gasteiger partial charge in [-0.15, -0.1) is 0 Å². The van der Waals surface area contributed by atoms with Gasteiger partial charge in [0.1, 0.15) is 12.7 Å². The number of nitrogens with zero attached hydrogens (tertiary/aromatic N) is 6. The molecule has 4 heterocycles. The van der Waals surface area contributed by atoms with Crippen molar-refractivity contribution in [2.45, 2.75) is 31.8 Å². The minimum Gasteiger partial charge on any atom is -0.348 e. The molecule has 1 aromatic heterocycles. The summed E-state index contributed by atoms with van der Waals surface area (Å²) in [7, 11) is 3.57. The van der Waals surface area contributed by atoms with Crippen molar-refractivity contribution >= 4 is 11.8 Å². The second-order valence-electron chi connectivity index (χ2n) is 7.03. The van der Waals surface area contributed by atoms with Crippen LogP contribution in [-0.2, 0) is 16.1 Å². The van der Waals surface area contributed by atoms with E-state index >= 15 is 0 Å². The van der Waals surface area contributed by atoms with Crippen molar-refractivity contribution < 1.29 is 9.59 Å². The van der Waals surface area contributed by atoms with Gasteiger partial charge in [0.2, 0.25) is 11.8 Å². The summed E-state index contributed by atoms with van der Waals surface area (Å²) < 4.78 is 1.69. The fraction of sp³-hybridized carbons (Fsp3) is 0.750. The second kappa shape index (κ2) is 7.29. The number of amides is 2. The SMILES string of the molecule is CN(C)C(=O)CN1C[C@@H]2CC[C@H](C1)N(C(=O)CCn1cncn1)C2. The molecule has 2 amide bonds. The summed E-state index contributed by atoms with van der Waals surface area (Å²) in [4.78, 5) is 34.4. The molecule has 2 bridgehead atoms. The van der Waals surface area contributed by atoms with Crippen LogP contribution in [0.1, 0.15) is 19.3 Å². The molecule has 3 saturated heterocycles. The minimum absolute atomic E-state index is 0.125. The Morgan fingerprint density at radius 3 is 2.75 bits per heavy atom. The number of carbonyl (C=O) groups is 2. The van der Waals surface area contributed by atoms with Gasteiger partial charge < -0.3 is 9.80 Å². The van der Waals surface area contributed by atoms with Crippen molar-refractivity contribution in [2.75, 3.05) is 40.3 Å². The summed E-state index contributed by atoms with van der Waals surface area (Å²) in [5.41, 5.74) is 0. The molecule has 24 heavy (non-hydrogen) atoms. The second-order valence-corrected chi connectivity index (χ2v) is 7.03. The third kappa shape index (κ3) is 3.92. The van der Waals surface area contributed by atoms with Crippen molar-refractivity contribution in [3.8, 4) is 0 Å². The Labute approximate surface area is 142 Å². The summed E-state index contributed by atoms with van der Waals surface area (Å²) in [5, 5.41) is 4.05. The highest BCUT2D eigenvalue weighted by Gasteiger charge is 2.37. The predicted molar refractivity (Wildman–Crippen MR) is 88.0 cm³/mol. The Morgan fingerprint density at radius 2 is 2.04 bits per heavy atom. The lowest BCUT2D eigenvalue weighted by atomic mass is 9.95. The number of hydrogen-bond donors (Lipinski definition) is 0. The Morgan fingerprint density at radius 1 is 1.21 bits per heavy atom. The smallest absolute Gasteiger partial charge is 0.236 e. The van der Waals surface area contributed by atoms with Crippen LogP contribution in [0.15, 0.2) is 12.7 Å². The van der Waals surface area contributed by atoms with Crippen LogP contribution in [-0.4, -0.2) is 87.6 Å². The zero-order valence-corrected chi connectivity index (χ0v) is 14.5. The van der Waals surface area contributed by atoms with Crippen LogP contribution < -0.4 is 0 Å². The zero-order valence-electron chi connectivity index (χ0n) is 14.5. The Kier molecular flexibility index (Phi) is 5.13. The number of aromatic nitrogens is 3. The Balaban J connectivity index is 1.58.